The second kappa shape index (κ2) is 5.73. The zero-order valence-corrected chi connectivity index (χ0v) is 13.7. The van der Waals surface area contributed by atoms with Crippen LogP contribution in [-0.4, -0.2) is 51.3 Å². The number of nitrogens with zero attached hydrogens (tertiary/aromatic N) is 4. The van der Waals surface area contributed by atoms with E-state index in [0.29, 0.717) is 19.6 Å². The van der Waals surface area contributed by atoms with E-state index in [1.54, 1.807) is 0 Å². The molecule has 0 aromatic carbocycles. The highest BCUT2D eigenvalue weighted by Crippen LogP contribution is 2.30. The fourth-order valence-corrected chi connectivity index (χ4v) is 3.24. The molecule has 0 aliphatic carbocycles. The Morgan fingerprint density at radius 1 is 1.48 bits per heavy atom. The normalized spacial score (nSPS) is 20.1. The van der Waals surface area contributed by atoms with Crippen molar-refractivity contribution in [2.75, 3.05) is 24.5 Å². The molecule has 3 heterocycles. The van der Waals surface area contributed by atoms with E-state index >= 15 is 0 Å². The van der Waals surface area contributed by atoms with Crippen molar-refractivity contribution >= 4 is 22.8 Å². The number of amides is 1. The Hall–Kier alpha value is -2.28. The molecule has 0 saturated carbocycles. The lowest BCUT2D eigenvalue weighted by atomic mass is 10.1. The quantitative estimate of drug-likeness (QED) is 0.881. The minimum Gasteiger partial charge on any atom is -0.465 e. The topological polar surface area (TPSA) is 87.6 Å². The van der Waals surface area contributed by atoms with Crippen LogP contribution in [0, 0.1) is 0 Å². The maximum atomic E-state index is 11.2. The van der Waals surface area contributed by atoms with Crippen LogP contribution in [0.1, 0.15) is 25.6 Å². The summed E-state index contributed by atoms with van der Waals surface area (Å²) in [5.41, 5.74) is 9.98. The van der Waals surface area contributed by atoms with Gasteiger partial charge in [-0.2, -0.15) is 0 Å². The molecule has 0 spiro atoms. The predicted octanol–water partition coefficient (Wildman–Crippen LogP) is 1.78. The molecule has 0 bridgehead atoms. The Morgan fingerprint density at radius 3 is 2.83 bits per heavy atom. The molecule has 7 heteroatoms. The number of aryl methyl sites for hydroxylation is 1. The second-order valence-corrected chi connectivity index (χ2v) is 6.28. The molecule has 1 amide bonds. The van der Waals surface area contributed by atoms with E-state index < -0.39 is 6.09 Å². The number of fused-ring (bicyclic) bond motifs is 1. The van der Waals surface area contributed by atoms with Crippen LogP contribution >= 0.6 is 0 Å². The Balaban J connectivity index is 2.00. The predicted molar refractivity (Wildman–Crippen MR) is 89.7 cm³/mol. The standard InChI is InChI=1S/C16H23N5O2/c1-10-9-20(6-7-21(10)16(22)23)14-8-13-12(4-5-19(13)3)18-15(14)11(2)17/h4-5,8,10-11H,6-7,9,17H2,1-3H3,(H,22,23)/t10-,11+/m1/s1. The maximum Gasteiger partial charge on any atom is 0.407 e. The van der Waals surface area contributed by atoms with E-state index in [1.807, 2.05) is 37.7 Å². The third-order valence-corrected chi connectivity index (χ3v) is 4.52. The van der Waals surface area contributed by atoms with Crippen LogP contribution in [0.4, 0.5) is 10.5 Å². The number of pyridine rings is 1. The zero-order chi connectivity index (χ0) is 16.7. The first kappa shape index (κ1) is 15.6. The van der Waals surface area contributed by atoms with Gasteiger partial charge in [0.05, 0.1) is 22.4 Å². The molecule has 2 aromatic rings. The first-order valence-electron chi connectivity index (χ1n) is 7.84. The van der Waals surface area contributed by atoms with Gasteiger partial charge in [0, 0.05) is 45.0 Å². The van der Waals surface area contributed by atoms with Crippen molar-refractivity contribution in [3.63, 3.8) is 0 Å². The Labute approximate surface area is 135 Å². The van der Waals surface area contributed by atoms with Crippen LogP contribution in [0.25, 0.3) is 11.0 Å². The van der Waals surface area contributed by atoms with Crippen LogP contribution in [0.2, 0.25) is 0 Å². The van der Waals surface area contributed by atoms with E-state index in [2.05, 4.69) is 11.0 Å². The Kier molecular flexibility index (Phi) is 3.89. The molecular formula is C16H23N5O2. The number of hydrogen-bond acceptors (Lipinski definition) is 4. The van der Waals surface area contributed by atoms with Crippen LogP contribution < -0.4 is 10.6 Å². The number of rotatable bonds is 2. The lowest BCUT2D eigenvalue weighted by Gasteiger charge is -2.40. The molecule has 0 unspecified atom stereocenters. The molecule has 1 saturated heterocycles. The van der Waals surface area contributed by atoms with Crippen molar-refractivity contribution in [2.24, 2.45) is 12.8 Å². The molecule has 1 aliphatic heterocycles. The average Bonchev–Trinajstić information content (AvgIpc) is 2.86. The molecule has 2 atom stereocenters. The average molecular weight is 317 g/mol. The number of piperazine rings is 1. The van der Waals surface area contributed by atoms with Gasteiger partial charge in [0.15, 0.2) is 0 Å². The molecule has 2 aromatic heterocycles. The Bertz CT molecular complexity index is 739. The van der Waals surface area contributed by atoms with Gasteiger partial charge in [-0.15, -0.1) is 0 Å². The third-order valence-electron chi connectivity index (χ3n) is 4.52. The van der Waals surface area contributed by atoms with Gasteiger partial charge in [-0.3, -0.25) is 0 Å². The number of nitrogens with two attached hydrogens (primary N) is 1. The van der Waals surface area contributed by atoms with Gasteiger partial charge in [0.2, 0.25) is 0 Å². The van der Waals surface area contributed by atoms with E-state index in [4.69, 9.17) is 10.7 Å². The number of anilines is 1. The van der Waals surface area contributed by atoms with Crippen LogP contribution in [0.15, 0.2) is 18.3 Å². The summed E-state index contributed by atoms with van der Waals surface area (Å²) >= 11 is 0. The van der Waals surface area contributed by atoms with Crippen molar-refractivity contribution in [3.05, 3.63) is 24.0 Å². The third kappa shape index (κ3) is 2.72. The van der Waals surface area contributed by atoms with Crippen molar-refractivity contribution < 1.29 is 9.90 Å². The van der Waals surface area contributed by atoms with E-state index in [-0.39, 0.29) is 12.1 Å². The molecule has 23 heavy (non-hydrogen) atoms. The number of hydrogen-bond donors (Lipinski definition) is 2. The largest absolute Gasteiger partial charge is 0.465 e. The molecule has 7 nitrogen and oxygen atoms in total. The monoisotopic (exact) mass is 317 g/mol. The fraction of sp³-hybridized carbons (Fsp3) is 0.500. The van der Waals surface area contributed by atoms with Gasteiger partial charge >= 0.3 is 6.09 Å². The van der Waals surface area contributed by atoms with Gasteiger partial charge in [-0.25, -0.2) is 9.78 Å². The smallest absolute Gasteiger partial charge is 0.407 e. The summed E-state index contributed by atoms with van der Waals surface area (Å²) in [6.45, 7) is 5.63. The van der Waals surface area contributed by atoms with E-state index in [9.17, 15) is 9.90 Å². The van der Waals surface area contributed by atoms with Gasteiger partial charge < -0.3 is 25.2 Å². The summed E-state index contributed by atoms with van der Waals surface area (Å²) in [6.07, 6.45) is 1.12. The van der Waals surface area contributed by atoms with Gasteiger partial charge in [-0.1, -0.05) is 0 Å². The van der Waals surface area contributed by atoms with Gasteiger partial charge in [-0.05, 0) is 26.0 Å². The summed E-state index contributed by atoms with van der Waals surface area (Å²) in [5.74, 6) is 0. The highest BCUT2D eigenvalue weighted by atomic mass is 16.4. The Morgan fingerprint density at radius 2 is 2.22 bits per heavy atom. The molecular weight excluding hydrogens is 294 g/mol. The first-order valence-corrected chi connectivity index (χ1v) is 7.84. The van der Waals surface area contributed by atoms with Crippen molar-refractivity contribution in [2.45, 2.75) is 25.9 Å². The number of aromatic nitrogens is 2. The highest BCUT2D eigenvalue weighted by Gasteiger charge is 2.29. The molecule has 1 aliphatic rings. The molecule has 0 radical (unpaired) electrons. The van der Waals surface area contributed by atoms with E-state index in [1.165, 1.54) is 4.90 Å². The van der Waals surface area contributed by atoms with Crippen molar-refractivity contribution in [3.8, 4) is 0 Å². The molecule has 124 valence electrons. The molecule has 3 N–H and O–H groups in total. The summed E-state index contributed by atoms with van der Waals surface area (Å²) in [7, 11) is 1.99. The number of carboxylic acid groups (broad SMARTS) is 1. The molecule has 3 rings (SSSR count). The minimum absolute atomic E-state index is 0.0636. The van der Waals surface area contributed by atoms with Crippen molar-refractivity contribution in [1.29, 1.82) is 0 Å². The number of carbonyl (C=O) groups is 1. The minimum atomic E-state index is -0.861. The second-order valence-electron chi connectivity index (χ2n) is 6.28. The lowest BCUT2D eigenvalue weighted by Crippen LogP contribution is -2.54. The first-order chi connectivity index (χ1) is 10.9. The van der Waals surface area contributed by atoms with Gasteiger partial charge in [0.1, 0.15) is 0 Å². The lowest BCUT2D eigenvalue weighted by molar-refractivity contribution is 0.122. The molecule has 1 fully saturated rings. The van der Waals surface area contributed by atoms with Crippen molar-refractivity contribution in [1.82, 2.24) is 14.5 Å². The fourth-order valence-electron chi connectivity index (χ4n) is 3.24. The zero-order valence-electron chi connectivity index (χ0n) is 13.7. The van der Waals surface area contributed by atoms with Gasteiger partial charge in [0.25, 0.3) is 0 Å². The van der Waals surface area contributed by atoms with Crippen LogP contribution in [0.5, 0.6) is 0 Å². The summed E-state index contributed by atoms with van der Waals surface area (Å²) in [5, 5.41) is 9.23. The highest BCUT2D eigenvalue weighted by molar-refractivity contribution is 5.81. The summed E-state index contributed by atoms with van der Waals surface area (Å²) < 4.78 is 2.04. The maximum absolute atomic E-state index is 11.2. The SMILES string of the molecule is C[C@H](N)c1nc2ccn(C)c2cc1N1CCN(C(=O)O)[C@H](C)C1. The van der Waals surface area contributed by atoms with E-state index in [0.717, 1.165) is 22.4 Å². The van der Waals surface area contributed by atoms with Crippen LogP contribution in [0.3, 0.4) is 0 Å². The summed E-state index contributed by atoms with van der Waals surface area (Å²) in [4.78, 5) is 19.7. The van der Waals surface area contributed by atoms with Crippen LogP contribution in [-0.2, 0) is 7.05 Å². The summed E-state index contributed by atoms with van der Waals surface area (Å²) in [6, 6.07) is 3.86.